The first-order chi connectivity index (χ1) is 8.33. The van der Waals surface area contributed by atoms with Gasteiger partial charge in [-0.2, -0.15) is 11.8 Å². The summed E-state index contributed by atoms with van der Waals surface area (Å²) in [7, 11) is 0. The lowest BCUT2D eigenvalue weighted by Crippen LogP contribution is -2.44. The molecule has 1 aliphatic rings. The van der Waals surface area contributed by atoms with Gasteiger partial charge in [0.25, 0.3) is 0 Å². The minimum atomic E-state index is 0.550. The highest BCUT2D eigenvalue weighted by Gasteiger charge is 2.25. The Hall–Kier alpha value is -0.510. The van der Waals surface area contributed by atoms with Crippen molar-refractivity contribution in [1.29, 1.82) is 0 Å². The van der Waals surface area contributed by atoms with Crippen LogP contribution in [0.3, 0.4) is 0 Å². The molecule has 1 aromatic rings. The first kappa shape index (κ1) is 12.9. The Balaban J connectivity index is 2.07. The van der Waals surface area contributed by atoms with Gasteiger partial charge in [0, 0.05) is 24.4 Å². The largest absolute Gasteiger partial charge is 0.379 e. The van der Waals surface area contributed by atoms with Gasteiger partial charge in [0.05, 0.1) is 13.2 Å². The lowest BCUT2D eigenvalue weighted by molar-refractivity contribution is 0.0198. The number of morpholine rings is 1. The molecule has 3 heteroatoms. The zero-order chi connectivity index (χ0) is 12.1. The average Bonchev–Trinajstić information content (AvgIpc) is 2.42. The standard InChI is InChI=1S/C14H21NOS/c1-12(15-8-10-16-11-9-15)14(17-2)13-6-4-3-5-7-13/h3-7,12,14H,8-11H2,1-2H3. The van der Waals surface area contributed by atoms with Gasteiger partial charge in [-0.25, -0.2) is 0 Å². The number of hydrogen-bond donors (Lipinski definition) is 0. The molecule has 0 spiro atoms. The first-order valence-corrected chi connectivity index (χ1v) is 7.51. The summed E-state index contributed by atoms with van der Waals surface area (Å²) in [5.41, 5.74) is 1.43. The van der Waals surface area contributed by atoms with Crippen LogP contribution in [0, 0.1) is 0 Å². The molecule has 0 aliphatic carbocycles. The van der Waals surface area contributed by atoms with Crippen LogP contribution in [0.25, 0.3) is 0 Å². The Morgan fingerprint density at radius 3 is 2.41 bits per heavy atom. The Kier molecular flexibility index (Phi) is 4.89. The zero-order valence-electron chi connectivity index (χ0n) is 10.6. The van der Waals surface area contributed by atoms with Gasteiger partial charge in [-0.05, 0) is 18.7 Å². The van der Waals surface area contributed by atoms with Crippen LogP contribution in [0.4, 0.5) is 0 Å². The maximum Gasteiger partial charge on any atom is 0.0594 e. The van der Waals surface area contributed by atoms with Crippen molar-refractivity contribution in [3.8, 4) is 0 Å². The Morgan fingerprint density at radius 1 is 1.18 bits per heavy atom. The van der Waals surface area contributed by atoms with Gasteiger partial charge in [0.1, 0.15) is 0 Å². The van der Waals surface area contributed by atoms with E-state index in [2.05, 4.69) is 48.4 Å². The number of benzene rings is 1. The summed E-state index contributed by atoms with van der Waals surface area (Å²) >= 11 is 1.94. The van der Waals surface area contributed by atoms with Crippen LogP contribution in [-0.4, -0.2) is 43.5 Å². The van der Waals surface area contributed by atoms with E-state index in [1.54, 1.807) is 0 Å². The van der Waals surface area contributed by atoms with Crippen molar-refractivity contribution in [3.05, 3.63) is 35.9 Å². The molecule has 0 amide bonds. The van der Waals surface area contributed by atoms with E-state index in [-0.39, 0.29) is 0 Å². The summed E-state index contributed by atoms with van der Waals surface area (Å²) in [6.45, 7) is 6.20. The van der Waals surface area contributed by atoms with E-state index in [0.717, 1.165) is 26.3 Å². The van der Waals surface area contributed by atoms with Crippen LogP contribution in [0.2, 0.25) is 0 Å². The maximum atomic E-state index is 5.42. The fourth-order valence-corrected chi connectivity index (χ4v) is 3.43. The van der Waals surface area contributed by atoms with Crippen molar-refractivity contribution in [1.82, 2.24) is 4.90 Å². The second-order valence-electron chi connectivity index (χ2n) is 4.46. The van der Waals surface area contributed by atoms with Gasteiger partial charge in [-0.1, -0.05) is 30.3 Å². The van der Waals surface area contributed by atoms with E-state index < -0.39 is 0 Å². The number of thioether (sulfide) groups is 1. The van der Waals surface area contributed by atoms with E-state index in [9.17, 15) is 0 Å². The summed E-state index contributed by atoms with van der Waals surface area (Å²) in [6, 6.07) is 11.4. The van der Waals surface area contributed by atoms with Crippen LogP contribution in [0.1, 0.15) is 17.7 Å². The molecule has 2 unspecified atom stereocenters. The molecule has 17 heavy (non-hydrogen) atoms. The highest BCUT2D eigenvalue weighted by Crippen LogP contribution is 2.32. The molecule has 0 bridgehead atoms. The van der Waals surface area contributed by atoms with Gasteiger partial charge < -0.3 is 4.74 Å². The number of hydrogen-bond acceptors (Lipinski definition) is 3. The van der Waals surface area contributed by atoms with E-state index in [1.807, 2.05) is 11.8 Å². The summed E-state index contributed by atoms with van der Waals surface area (Å²) in [5.74, 6) is 0. The molecule has 1 saturated heterocycles. The first-order valence-electron chi connectivity index (χ1n) is 6.22. The molecule has 94 valence electrons. The van der Waals surface area contributed by atoms with E-state index in [4.69, 9.17) is 4.74 Å². The topological polar surface area (TPSA) is 12.5 Å². The predicted molar refractivity (Wildman–Crippen MR) is 74.6 cm³/mol. The Morgan fingerprint density at radius 2 is 1.82 bits per heavy atom. The summed E-state index contributed by atoms with van der Waals surface area (Å²) in [6.07, 6.45) is 2.20. The van der Waals surface area contributed by atoms with Crippen LogP contribution in [0.15, 0.2) is 30.3 Å². The van der Waals surface area contributed by atoms with Crippen molar-refractivity contribution < 1.29 is 4.74 Å². The van der Waals surface area contributed by atoms with Crippen molar-refractivity contribution in [3.63, 3.8) is 0 Å². The van der Waals surface area contributed by atoms with Gasteiger partial charge in [0.2, 0.25) is 0 Å². The fraction of sp³-hybridized carbons (Fsp3) is 0.571. The normalized spacial score (nSPS) is 21.1. The second kappa shape index (κ2) is 6.43. The number of rotatable bonds is 4. The minimum absolute atomic E-state index is 0.550. The molecular formula is C14H21NOS. The van der Waals surface area contributed by atoms with Crippen molar-refractivity contribution in [2.75, 3.05) is 32.6 Å². The van der Waals surface area contributed by atoms with Gasteiger partial charge in [-0.3, -0.25) is 4.90 Å². The molecule has 2 atom stereocenters. The Labute approximate surface area is 108 Å². The third kappa shape index (κ3) is 3.24. The predicted octanol–water partition coefficient (Wildman–Crippen LogP) is 2.81. The molecule has 0 N–H and O–H groups in total. The fourth-order valence-electron chi connectivity index (χ4n) is 2.43. The maximum absolute atomic E-state index is 5.42. The molecule has 1 heterocycles. The molecule has 2 nitrogen and oxygen atoms in total. The van der Waals surface area contributed by atoms with Crippen LogP contribution < -0.4 is 0 Å². The minimum Gasteiger partial charge on any atom is -0.379 e. The quantitative estimate of drug-likeness (QED) is 0.816. The van der Waals surface area contributed by atoms with Crippen LogP contribution in [-0.2, 0) is 4.74 Å². The van der Waals surface area contributed by atoms with Gasteiger partial charge in [-0.15, -0.1) is 0 Å². The highest BCUT2D eigenvalue weighted by molar-refractivity contribution is 7.98. The summed E-state index contributed by atoms with van der Waals surface area (Å²) in [5, 5.41) is 0.550. The molecule has 0 aromatic heterocycles. The van der Waals surface area contributed by atoms with Gasteiger partial charge in [0.15, 0.2) is 0 Å². The number of nitrogens with zero attached hydrogens (tertiary/aromatic N) is 1. The SMILES string of the molecule is CSC(c1ccccc1)C(C)N1CCOCC1. The van der Waals surface area contributed by atoms with Crippen LogP contribution >= 0.6 is 11.8 Å². The van der Waals surface area contributed by atoms with Crippen molar-refractivity contribution in [2.45, 2.75) is 18.2 Å². The zero-order valence-corrected chi connectivity index (χ0v) is 11.5. The van der Waals surface area contributed by atoms with E-state index >= 15 is 0 Å². The molecule has 1 aliphatic heterocycles. The molecule has 1 aromatic carbocycles. The highest BCUT2D eigenvalue weighted by atomic mass is 32.2. The lowest BCUT2D eigenvalue weighted by atomic mass is 10.0. The molecule has 2 rings (SSSR count). The van der Waals surface area contributed by atoms with Crippen molar-refractivity contribution >= 4 is 11.8 Å². The Bertz CT molecular complexity index is 324. The summed E-state index contributed by atoms with van der Waals surface area (Å²) < 4.78 is 5.42. The third-order valence-electron chi connectivity index (χ3n) is 3.44. The van der Waals surface area contributed by atoms with E-state index in [1.165, 1.54) is 5.56 Å². The van der Waals surface area contributed by atoms with Gasteiger partial charge >= 0.3 is 0 Å². The molecular weight excluding hydrogens is 230 g/mol. The molecule has 0 saturated carbocycles. The second-order valence-corrected chi connectivity index (χ2v) is 5.44. The molecule has 0 radical (unpaired) electrons. The third-order valence-corrected chi connectivity index (χ3v) is 4.62. The average molecular weight is 251 g/mol. The summed E-state index contributed by atoms with van der Waals surface area (Å²) in [4.78, 5) is 2.54. The number of ether oxygens (including phenoxy) is 1. The smallest absolute Gasteiger partial charge is 0.0594 e. The van der Waals surface area contributed by atoms with Crippen molar-refractivity contribution in [2.24, 2.45) is 0 Å². The van der Waals surface area contributed by atoms with Crippen LogP contribution in [0.5, 0.6) is 0 Å². The van der Waals surface area contributed by atoms with E-state index in [0.29, 0.717) is 11.3 Å². The molecule has 1 fully saturated rings. The monoisotopic (exact) mass is 251 g/mol. The lowest BCUT2D eigenvalue weighted by Gasteiger charge is -2.36.